The standard InChI is InChI=1S/C59H33N5OS/c1-2-15-35-32-51-46(30-34(35)14-1)40-18-5-8-23-48(40)63(51)37-29-28-36-31-47(55-54(45(36)33-37)43-20-6-11-26-52(43)65-55)58-60-57(44-22-13-21-42-41-19-7-12-27-53(41)66-56(42)44)61-59(62-58)64-49-24-9-3-16-38(49)39-17-4-10-25-50(39)64/h1-33H. The Kier molecular flexibility index (Phi) is 7.28. The van der Waals surface area contributed by atoms with Crippen molar-refractivity contribution in [3.63, 3.8) is 0 Å². The summed E-state index contributed by atoms with van der Waals surface area (Å²) in [6.07, 6.45) is 0. The van der Waals surface area contributed by atoms with Gasteiger partial charge in [-0.15, -0.1) is 11.3 Å². The smallest absolute Gasteiger partial charge is 0.238 e. The number of rotatable bonds is 4. The third-order valence-electron chi connectivity index (χ3n) is 13.5. The van der Waals surface area contributed by atoms with Gasteiger partial charge in [-0.2, -0.15) is 9.97 Å². The van der Waals surface area contributed by atoms with E-state index in [1.165, 1.54) is 42.5 Å². The van der Waals surface area contributed by atoms with Gasteiger partial charge in [0.05, 0.1) is 27.6 Å². The van der Waals surface area contributed by atoms with Gasteiger partial charge in [-0.05, 0) is 88.3 Å². The average Bonchev–Trinajstić information content (AvgIpc) is 4.13. The number of hydrogen-bond acceptors (Lipinski definition) is 5. The highest BCUT2D eigenvalue weighted by molar-refractivity contribution is 7.26. The van der Waals surface area contributed by atoms with Gasteiger partial charge in [0.25, 0.3) is 0 Å². The van der Waals surface area contributed by atoms with E-state index in [2.05, 4.69) is 203 Å². The maximum Gasteiger partial charge on any atom is 0.238 e. The van der Waals surface area contributed by atoms with Crippen molar-refractivity contribution in [2.45, 2.75) is 0 Å². The summed E-state index contributed by atoms with van der Waals surface area (Å²) in [6.45, 7) is 0. The maximum atomic E-state index is 6.98. The number of thiophene rings is 1. The second-order valence-electron chi connectivity index (χ2n) is 17.1. The summed E-state index contributed by atoms with van der Waals surface area (Å²) < 4.78 is 13.9. The molecule has 0 radical (unpaired) electrons. The van der Waals surface area contributed by atoms with Crippen LogP contribution in [-0.2, 0) is 0 Å². The lowest BCUT2D eigenvalue weighted by Crippen LogP contribution is -2.06. The number of fused-ring (bicyclic) bond motifs is 15. The fourth-order valence-electron chi connectivity index (χ4n) is 10.6. The van der Waals surface area contributed by atoms with E-state index in [1.807, 2.05) is 6.07 Å². The van der Waals surface area contributed by atoms with Gasteiger partial charge in [-0.3, -0.25) is 4.57 Å². The quantitative estimate of drug-likeness (QED) is 0.177. The first-order chi connectivity index (χ1) is 32.7. The number of furan rings is 1. The van der Waals surface area contributed by atoms with Crippen LogP contribution in [0.15, 0.2) is 205 Å². The Morgan fingerprint density at radius 1 is 0.379 bits per heavy atom. The summed E-state index contributed by atoms with van der Waals surface area (Å²) in [5.74, 6) is 1.69. The Balaban J connectivity index is 1.03. The lowest BCUT2D eigenvalue weighted by Gasteiger charge is -2.13. The van der Waals surface area contributed by atoms with Crippen molar-refractivity contribution in [2.75, 3.05) is 0 Å². The molecule has 66 heavy (non-hydrogen) atoms. The third kappa shape index (κ3) is 5.03. The molecule has 10 aromatic carbocycles. The monoisotopic (exact) mass is 859 g/mol. The van der Waals surface area contributed by atoms with Crippen LogP contribution in [0.3, 0.4) is 0 Å². The Bertz CT molecular complexity index is 4500. The first-order valence-corrected chi connectivity index (χ1v) is 23.0. The molecule has 0 aliphatic carbocycles. The van der Waals surface area contributed by atoms with Crippen molar-refractivity contribution in [3.05, 3.63) is 200 Å². The minimum Gasteiger partial charge on any atom is -0.455 e. The van der Waals surface area contributed by atoms with Gasteiger partial charge < -0.3 is 8.98 Å². The van der Waals surface area contributed by atoms with Crippen molar-refractivity contribution >= 4 is 119 Å². The second-order valence-corrected chi connectivity index (χ2v) is 18.2. The van der Waals surface area contributed by atoms with Crippen molar-refractivity contribution in [1.29, 1.82) is 0 Å². The molecule has 0 amide bonds. The Labute approximate surface area is 379 Å². The molecule has 15 aromatic rings. The molecule has 0 aliphatic rings. The van der Waals surface area contributed by atoms with Crippen LogP contribution in [0.4, 0.5) is 0 Å². The molecule has 0 unspecified atom stereocenters. The Hall–Kier alpha value is -8.65. The van der Waals surface area contributed by atoms with Crippen molar-refractivity contribution in [3.8, 4) is 34.4 Å². The molecule has 0 saturated heterocycles. The zero-order valence-corrected chi connectivity index (χ0v) is 35.9. The highest BCUT2D eigenvalue weighted by Gasteiger charge is 2.24. The molecule has 6 nitrogen and oxygen atoms in total. The van der Waals surface area contributed by atoms with Crippen molar-refractivity contribution in [1.82, 2.24) is 24.1 Å². The maximum absolute atomic E-state index is 6.98. The average molecular weight is 860 g/mol. The van der Waals surface area contributed by atoms with Gasteiger partial charge in [0.15, 0.2) is 11.6 Å². The van der Waals surface area contributed by atoms with E-state index in [9.17, 15) is 0 Å². The van der Waals surface area contributed by atoms with Crippen LogP contribution in [0.1, 0.15) is 0 Å². The summed E-state index contributed by atoms with van der Waals surface area (Å²) in [7, 11) is 0. The molecule has 0 bridgehead atoms. The van der Waals surface area contributed by atoms with Crippen LogP contribution in [0.25, 0.3) is 142 Å². The lowest BCUT2D eigenvalue weighted by atomic mass is 9.99. The van der Waals surface area contributed by atoms with E-state index < -0.39 is 0 Å². The highest BCUT2D eigenvalue weighted by Crippen LogP contribution is 2.44. The summed E-state index contributed by atoms with van der Waals surface area (Å²) in [6, 6.07) is 71.4. The predicted octanol–water partition coefficient (Wildman–Crippen LogP) is 16.0. The third-order valence-corrected chi connectivity index (χ3v) is 14.8. The molecule has 15 rings (SSSR count). The fraction of sp³-hybridized carbons (Fsp3) is 0. The first kappa shape index (κ1) is 35.8. The van der Waals surface area contributed by atoms with E-state index >= 15 is 0 Å². The topological polar surface area (TPSA) is 61.7 Å². The molecule has 0 aliphatic heterocycles. The van der Waals surface area contributed by atoms with Crippen LogP contribution in [-0.4, -0.2) is 24.1 Å². The molecular formula is C59H33N5OS. The lowest BCUT2D eigenvalue weighted by molar-refractivity contribution is 0.669. The zero-order valence-electron chi connectivity index (χ0n) is 35.1. The minimum atomic E-state index is 0.541. The van der Waals surface area contributed by atoms with Gasteiger partial charge in [-0.1, -0.05) is 133 Å². The number of nitrogens with zero attached hydrogens (tertiary/aromatic N) is 5. The predicted molar refractivity (Wildman–Crippen MR) is 275 cm³/mol. The number of aromatic nitrogens is 5. The van der Waals surface area contributed by atoms with E-state index in [4.69, 9.17) is 19.4 Å². The number of hydrogen-bond donors (Lipinski definition) is 0. The van der Waals surface area contributed by atoms with Gasteiger partial charge in [0.1, 0.15) is 11.2 Å². The van der Waals surface area contributed by atoms with E-state index in [0.29, 0.717) is 17.6 Å². The molecule has 5 aromatic heterocycles. The molecule has 0 N–H and O–H groups in total. The van der Waals surface area contributed by atoms with Gasteiger partial charge >= 0.3 is 0 Å². The van der Waals surface area contributed by atoms with Gasteiger partial charge in [0.2, 0.25) is 5.95 Å². The first-order valence-electron chi connectivity index (χ1n) is 22.2. The molecular weight excluding hydrogens is 827 g/mol. The largest absolute Gasteiger partial charge is 0.455 e. The Morgan fingerprint density at radius 3 is 1.76 bits per heavy atom. The number of para-hydroxylation sites is 4. The summed E-state index contributed by atoms with van der Waals surface area (Å²) in [5.41, 5.74) is 8.78. The van der Waals surface area contributed by atoms with Gasteiger partial charge in [0, 0.05) is 63.7 Å². The molecule has 306 valence electrons. The van der Waals surface area contributed by atoms with E-state index in [-0.39, 0.29) is 0 Å². The molecule has 5 heterocycles. The molecule has 0 spiro atoms. The van der Waals surface area contributed by atoms with Crippen molar-refractivity contribution in [2.24, 2.45) is 0 Å². The minimum absolute atomic E-state index is 0.541. The van der Waals surface area contributed by atoms with Crippen LogP contribution >= 0.6 is 11.3 Å². The fourth-order valence-corrected chi connectivity index (χ4v) is 11.8. The second kappa shape index (κ2) is 13.4. The van der Waals surface area contributed by atoms with Crippen LogP contribution in [0, 0.1) is 0 Å². The molecule has 0 fully saturated rings. The molecule has 7 heteroatoms. The summed E-state index contributed by atoms with van der Waals surface area (Å²) in [5, 5.41) is 13.8. The zero-order chi connectivity index (χ0) is 43.0. The SMILES string of the molecule is c1ccc2cc3c(cc2c1)c1ccccc1n3-c1ccc2cc(-c3nc(-c4cccc5c4sc4ccccc45)nc(-n4c5ccccc5c5ccccc54)n3)c3oc4ccccc4c3c2c1. The van der Waals surface area contributed by atoms with Crippen LogP contribution < -0.4 is 0 Å². The molecule has 0 atom stereocenters. The van der Waals surface area contributed by atoms with Crippen molar-refractivity contribution < 1.29 is 4.42 Å². The van der Waals surface area contributed by atoms with Crippen LogP contribution in [0.5, 0.6) is 0 Å². The van der Waals surface area contributed by atoms with Gasteiger partial charge in [-0.25, -0.2) is 4.98 Å². The summed E-state index contributed by atoms with van der Waals surface area (Å²) in [4.78, 5) is 16.3. The molecule has 0 saturated carbocycles. The normalized spacial score (nSPS) is 12.2. The van der Waals surface area contributed by atoms with E-state index in [0.717, 1.165) is 81.5 Å². The number of benzene rings is 10. The summed E-state index contributed by atoms with van der Waals surface area (Å²) >= 11 is 1.77. The van der Waals surface area contributed by atoms with E-state index in [1.54, 1.807) is 11.3 Å². The highest BCUT2D eigenvalue weighted by atomic mass is 32.1. The Morgan fingerprint density at radius 2 is 0.985 bits per heavy atom. The van der Waals surface area contributed by atoms with Crippen LogP contribution in [0.2, 0.25) is 0 Å².